The number of piperazine rings is 1. The molecule has 0 atom stereocenters. The summed E-state index contributed by atoms with van der Waals surface area (Å²) in [5.74, 6) is 0. The molecule has 6 heteroatoms. The van der Waals surface area contributed by atoms with Crippen LogP contribution < -0.4 is 5.26 Å². The van der Waals surface area contributed by atoms with Crippen molar-refractivity contribution >= 4 is 0 Å². The van der Waals surface area contributed by atoms with Crippen LogP contribution in [0.4, 0.5) is 0 Å². The van der Waals surface area contributed by atoms with Gasteiger partial charge in [0, 0.05) is 18.4 Å². The van der Waals surface area contributed by atoms with Crippen LogP contribution in [0.2, 0.25) is 0 Å². The second-order valence-corrected chi connectivity index (χ2v) is 2.50. The van der Waals surface area contributed by atoms with Crippen molar-refractivity contribution in [1.82, 2.24) is 9.91 Å². The molecule has 11 heavy (non-hydrogen) atoms. The fourth-order valence-corrected chi connectivity index (χ4v) is 0.952. The summed E-state index contributed by atoms with van der Waals surface area (Å²) in [6.07, 6.45) is 0. The molecule has 0 bridgehead atoms. The molecule has 0 unspecified atom stereocenters. The number of nitrogens with zero attached hydrogens (tertiary/aromatic N) is 4. The van der Waals surface area contributed by atoms with Gasteiger partial charge in [0.1, 0.15) is 0 Å². The summed E-state index contributed by atoms with van der Waals surface area (Å²) >= 11 is 0. The molecule has 0 spiro atoms. The molecule has 1 saturated heterocycles. The molecule has 0 aliphatic carbocycles. The minimum Gasteiger partial charge on any atom is -0.636 e. The van der Waals surface area contributed by atoms with E-state index in [0.717, 1.165) is 26.2 Å². The van der Waals surface area contributed by atoms with Gasteiger partial charge in [-0.3, -0.25) is 5.01 Å². The molecular weight excluding hydrogens is 148 g/mol. The van der Waals surface area contributed by atoms with Gasteiger partial charge in [0.15, 0.2) is 0 Å². The average Bonchev–Trinajstić information content (AvgIpc) is 2.04. The molecule has 0 amide bonds. The third-order valence-corrected chi connectivity index (χ3v) is 1.68. The third-order valence-electron chi connectivity index (χ3n) is 1.68. The van der Waals surface area contributed by atoms with Gasteiger partial charge in [0.05, 0.1) is 13.1 Å². The highest BCUT2D eigenvalue weighted by Crippen LogP contribution is 1.98. The number of hydrogen-bond acceptors (Lipinski definition) is 5. The van der Waals surface area contributed by atoms with Crippen LogP contribution in [-0.4, -0.2) is 43.1 Å². The maximum Gasteiger partial charge on any atom is 0.0506 e. The molecule has 6 nitrogen and oxygen atoms in total. The summed E-state index contributed by atoms with van der Waals surface area (Å²) in [6.45, 7) is 3.47. The highest BCUT2D eigenvalue weighted by molar-refractivity contribution is 4.64. The van der Waals surface area contributed by atoms with E-state index < -0.39 is 0 Å². The van der Waals surface area contributed by atoms with Gasteiger partial charge in [0.2, 0.25) is 0 Å². The first-order chi connectivity index (χ1) is 5.33. The molecule has 64 valence electrons. The maximum atomic E-state index is 9.44. The number of likely N-dealkylation sites (N-methyl/N-ethyl adjacent to an activating group) is 1. The average molecular weight is 159 g/mol. The fraction of sp³-hybridized carbons (Fsp3) is 1.00. The molecule has 0 aromatic rings. The van der Waals surface area contributed by atoms with Crippen molar-refractivity contribution in [3.8, 4) is 0 Å². The van der Waals surface area contributed by atoms with E-state index in [0.29, 0.717) is 0 Å². The standard InChI is InChI=1S/C5H12N4O2/c1-8-2-4-9(5-3-8)6-7-11-10/h10H,2-5H2,1H3/p-1/b7-6+. The lowest BCUT2D eigenvalue weighted by Crippen LogP contribution is -2.41. The second kappa shape index (κ2) is 4.09. The lowest BCUT2D eigenvalue weighted by atomic mass is 10.4. The zero-order chi connectivity index (χ0) is 8.10. The van der Waals surface area contributed by atoms with Crippen molar-refractivity contribution < 1.29 is 10.2 Å². The van der Waals surface area contributed by atoms with Crippen molar-refractivity contribution in [2.75, 3.05) is 33.2 Å². The predicted octanol–water partition coefficient (Wildman–Crippen LogP) is -1.19. The molecule has 1 aliphatic heterocycles. The summed E-state index contributed by atoms with van der Waals surface area (Å²) in [5.41, 5.74) is 0. The van der Waals surface area contributed by atoms with Crippen molar-refractivity contribution in [2.45, 2.75) is 0 Å². The van der Waals surface area contributed by atoms with E-state index in [4.69, 9.17) is 0 Å². The summed E-state index contributed by atoms with van der Waals surface area (Å²) in [4.78, 5) is 5.41. The molecule has 0 radical (unpaired) electrons. The first-order valence-electron chi connectivity index (χ1n) is 3.46. The van der Waals surface area contributed by atoms with Gasteiger partial charge in [-0.15, -0.1) is 0 Å². The van der Waals surface area contributed by atoms with Gasteiger partial charge in [-0.1, -0.05) is 0 Å². The minimum absolute atomic E-state index is 0.795. The summed E-state index contributed by atoms with van der Waals surface area (Å²) in [6, 6.07) is 0. The van der Waals surface area contributed by atoms with E-state index >= 15 is 0 Å². The Hall–Kier alpha value is -0.880. The number of hydrogen-bond donors (Lipinski definition) is 0. The maximum absolute atomic E-state index is 9.44. The summed E-state index contributed by atoms with van der Waals surface area (Å²) < 4.78 is 0. The lowest BCUT2D eigenvalue weighted by Gasteiger charge is -2.28. The lowest BCUT2D eigenvalue weighted by molar-refractivity contribution is -0.695. The van der Waals surface area contributed by atoms with E-state index in [1.807, 2.05) is 7.05 Å². The van der Waals surface area contributed by atoms with E-state index in [9.17, 15) is 5.26 Å². The highest BCUT2D eigenvalue weighted by atomic mass is 17.2. The SMILES string of the molecule is CN1CCN(/N=N/O[O-])CC1. The monoisotopic (exact) mass is 159 g/mol. The molecule has 1 heterocycles. The Morgan fingerprint density at radius 2 is 1.91 bits per heavy atom. The van der Waals surface area contributed by atoms with Gasteiger partial charge in [-0.2, -0.15) is 0 Å². The van der Waals surface area contributed by atoms with Crippen LogP contribution in [0, 0.1) is 0 Å². The molecule has 1 aliphatic rings. The highest BCUT2D eigenvalue weighted by Gasteiger charge is 2.11. The first-order valence-corrected chi connectivity index (χ1v) is 3.46. The summed E-state index contributed by atoms with van der Waals surface area (Å²) in [7, 11) is 2.04. The third kappa shape index (κ3) is 2.69. The Labute approximate surface area is 64.9 Å². The van der Waals surface area contributed by atoms with Crippen molar-refractivity contribution in [3.05, 3.63) is 0 Å². The van der Waals surface area contributed by atoms with Crippen molar-refractivity contribution in [1.29, 1.82) is 0 Å². The molecule has 1 rings (SSSR count). The normalized spacial score (nSPS) is 21.1. The largest absolute Gasteiger partial charge is 0.636 e. The van der Waals surface area contributed by atoms with Crippen molar-refractivity contribution in [2.24, 2.45) is 10.5 Å². The Morgan fingerprint density at radius 3 is 2.45 bits per heavy atom. The zero-order valence-corrected chi connectivity index (χ0v) is 6.43. The molecule has 0 aromatic heterocycles. The molecule has 0 aromatic carbocycles. The fourth-order valence-electron chi connectivity index (χ4n) is 0.952. The molecule has 0 N–H and O–H groups in total. The quantitative estimate of drug-likeness (QED) is 0.288. The van der Waals surface area contributed by atoms with E-state index in [2.05, 4.69) is 20.4 Å². The molecule has 0 saturated carbocycles. The van der Waals surface area contributed by atoms with Crippen LogP contribution in [0.1, 0.15) is 0 Å². The van der Waals surface area contributed by atoms with Crippen molar-refractivity contribution in [3.63, 3.8) is 0 Å². The van der Waals surface area contributed by atoms with Crippen LogP contribution in [0.5, 0.6) is 0 Å². The van der Waals surface area contributed by atoms with E-state index in [-0.39, 0.29) is 0 Å². The van der Waals surface area contributed by atoms with E-state index in [1.165, 1.54) is 0 Å². The van der Waals surface area contributed by atoms with Crippen LogP contribution in [0.3, 0.4) is 0 Å². The molecular formula is C5H11N4O2-. The van der Waals surface area contributed by atoms with Crippen LogP contribution in [0.25, 0.3) is 0 Å². The van der Waals surface area contributed by atoms with Gasteiger partial charge >= 0.3 is 0 Å². The second-order valence-electron chi connectivity index (χ2n) is 2.50. The summed E-state index contributed by atoms with van der Waals surface area (Å²) in [5, 5.41) is 17.6. The topological polar surface area (TPSA) is 63.5 Å². The van der Waals surface area contributed by atoms with Gasteiger partial charge in [-0.05, 0) is 12.3 Å². The Balaban J connectivity index is 2.22. The van der Waals surface area contributed by atoms with Crippen LogP contribution in [-0.2, 0) is 4.99 Å². The van der Waals surface area contributed by atoms with Gasteiger partial charge in [0.25, 0.3) is 0 Å². The number of rotatable bonds is 2. The zero-order valence-electron chi connectivity index (χ0n) is 6.43. The van der Waals surface area contributed by atoms with Gasteiger partial charge < -0.3 is 15.1 Å². The first kappa shape index (κ1) is 8.22. The van der Waals surface area contributed by atoms with Crippen LogP contribution in [0.15, 0.2) is 10.5 Å². The van der Waals surface area contributed by atoms with Gasteiger partial charge in [-0.25, -0.2) is 0 Å². The Morgan fingerprint density at radius 1 is 1.27 bits per heavy atom. The minimum atomic E-state index is 0.795. The Bertz CT molecular complexity index is 132. The predicted molar refractivity (Wildman–Crippen MR) is 35.0 cm³/mol. The smallest absolute Gasteiger partial charge is 0.0506 e. The Kier molecular flexibility index (Phi) is 3.06. The molecule has 1 fully saturated rings. The van der Waals surface area contributed by atoms with E-state index in [1.54, 1.807) is 5.01 Å². The van der Waals surface area contributed by atoms with Crippen LogP contribution >= 0.6 is 0 Å².